The Bertz CT molecular complexity index is 658. The van der Waals surface area contributed by atoms with Gasteiger partial charge in [-0.3, -0.25) is 0 Å². The Kier molecular flexibility index (Phi) is 12.2. The molecule has 0 aliphatic heterocycles. The van der Waals surface area contributed by atoms with Crippen molar-refractivity contribution < 1.29 is 18.9 Å². The van der Waals surface area contributed by atoms with Crippen molar-refractivity contribution in [3.05, 3.63) is 46.5 Å². The average molecular weight is 506 g/mol. The third-order valence-electron chi connectivity index (χ3n) is 4.18. The normalized spacial score (nSPS) is 9.48. The van der Waals surface area contributed by atoms with Crippen LogP contribution in [0.2, 0.25) is 0 Å². The Morgan fingerprint density at radius 1 is 0.593 bits per heavy atom. The number of alkyl halides is 2. The molecule has 0 saturated carbocycles. The average Bonchev–Trinajstić information content (AvgIpc) is 2.68. The lowest BCUT2D eigenvalue weighted by molar-refractivity contribution is 0.397. The molecule has 0 aliphatic rings. The highest BCUT2D eigenvalue weighted by Crippen LogP contribution is 2.33. The van der Waals surface area contributed by atoms with Crippen LogP contribution in [0.5, 0.6) is 23.0 Å². The van der Waals surface area contributed by atoms with Gasteiger partial charge in [0.05, 0.1) is 28.4 Å². The standard InChI is InChI=1S/C10H12Br2O2.C10H14O2.CH4/c1-13-9-3-4-10(14-2)8(6-12)7(9)5-11;1-7-8(2)10(12-4)6-5-9(7)11-3;/h3-4H,5-6H2,1-2H3;5-6H,1-4H3;1H4. The zero-order chi connectivity index (χ0) is 19.7. The lowest BCUT2D eigenvalue weighted by atomic mass is 10.1. The van der Waals surface area contributed by atoms with E-state index in [1.807, 2.05) is 38.1 Å². The first-order valence-corrected chi connectivity index (χ1v) is 10.3. The van der Waals surface area contributed by atoms with Crippen molar-refractivity contribution in [2.75, 3.05) is 28.4 Å². The molecule has 0 fully saturated rings. The van der Waals surface area contributed by atoms with Crippen LogP contribution in [0.1, 0.15) is 29.7 Å². The summed E-state index contributed by atoms with van der Waals surface area (Å²) >= 11 is 6.90. The van der Waals surface area contributed by atoms with Gasteiger partial charge in [-0.2, -0.15) is 0 Å². The monoisotopic (exact) mass is 504 g/mol. The van der Waals surface area contributed by atoms with Crippen molar-refractivity contribution in [3.63, 3.8) is 0 Å². The smallest absolute Gasteiger partial charge is 0.123 e. The molecule has 2 aromatic carbocycles. The summed E-state index contributed by atoms with van der Waals surface area (Å²) in [5.41, 5.74) is 4.53. The maximum absolute atomic E-state index is 5.27. The van der Waals surface area contributed by atoms with Crippen molar-refractivity contribution in [3.8, 4) is 23.0 Å². The minimum Gasteiger partial charge on any atom is -0.496 e. The molecule has 0 atom stereocenters. The zero-order valence-corrected chi connectivity index (χ0v) is 19.3. The van der Waals surface area contributed by atoms with E-state index in [1.165, 1.54) is 0 Å². The second-order valence-corrected chi connectivity index (χ2v) is 6.54. The molecule has 0 unspecified atom stereocenters. The molecule has 0 amide bonds. The maximum Gasteiger partial charge on any atom is 0.123 e. The van der Waals surface area contributed by atoms with Gasteiger partial charge in [0.1, 0.15) is 23.0 Å². The number of ether oxygens (including phenoxy) is 4. The summed E-state index contributed by atoms with van der Waals surface area (Å²) in [7, 11) is 6.69. The number of benzene rings is 2. The molecule has 2 rings (SSSR count). The number of hydrogen-bond donors (Lipinski definition) is 0. The van der Waals surface area contributed by atoms with E-state index < -0.39 is 0 Å². The summed E-state index contributed by atoms with van der Waals surface area (Å²) in [6, 6.07) is 7.67. The molecule has 0 N–H and O–H groups in total. The summed E-state index contributed by atoms with van der Waals surface area (Å²) < 4.78 is 20.9. The SMILES string of the molecule is C.COc1ccc(OC)c(C)c1C.COc1ccc(OC)c(CBr)c1CBr. The largest absolute Gasteiger partial charge is 0.496 e. The van der Waals surface area contributed by atoms with E-state index in [2.05, 4.69) is 31.9 Å². The lowest BCUT2D eigenvalue weighted by Crippen LogP contribution is -1.98. The van der Waals surface area contributed by atoms with Crippen molar-refractivity contribution in [2.45, 2.75) is 31.9 Å². The predicted octanol–water partition coefficient (Wildman–Crippen LogP) is 6.45. The highest BCUT2D eigenvalue weighted by atomic mass is 79.9. The third-order valence-corrected chi connectivity index (χ3v) is 5.30. The summed E-state index contributed by atoms with van der Waals surface area (Å²) in [6.45, 7) is 4.05. The fourth-order valence-electron chi connectivity index (χ4n) is 2.54. The molecule has 27 heavy (non-hydrogen) atoms. The van der Waals surface area contributed by atoms with Crippen LogP contribution in [-0.2, 0) is 10.7 Å². The number of methoxy groups -OCH3 is 4. The Hall–Kier alpha value is -1.40. The van der Waals surface area contributed by atoms with E-state index in [-0.39, 0.29) is 7.43 Å². The topological polar surface area (TPSA) is 36.9 Å². The molecule has 0 heterocycles. The maximum atomic E-state index is 5.27. The van der Waals surface area contributed by atoms with Crippen LogP contribution in [0.25, 0.3) is 0 Å². The van der Waals surface area contributed by atoms with E-state index in [1.54, 1.807) is 28.4 Å². The Morgan fingerprint density at radius 3 is 1.07 bits per heavy atom. The van der Waals surface area contributed by atoms with Crippen LogP contribution < -0.4 is 18.9 Å². The Morgan fingerprint density at radius 2 is 0.852 bits per heavy atom. The van der Waals surface area contributed by atoms with E-state index >= 15 is 0 Å². The van der Waals surface area contributed by atoms with Gasteiger partial charge in [-0.15, -0.1) is 0 Å². The quantitative estimate of drug-likeness (QED) is 0.422. The highest BCUT2D eigenvalue weighted by Gasteiger charge is 2.12. The van der Waals surface area contributed by atoms with Crippen LogP contribution in [0.4, 0.5) is 0 Å². The van der Waals surface area contributed by atoms with Crippen LogP contribution >= 0.6 is 31.9 Å². The molecule has 2 aromatic rings. The first-order chi connectivity index (χ1) is 12.5. The minimum absolute atomic E-state index is 0. The fraction of sp³-hybridized carbons (Fsp3) is 0.429. The van der Waals surface area contributed by atoms with Crippen molar-refractivity contribution in [2.24, 2.45) is 0 Å². The summed E-state index contributed by atoms with van der Waals surface area (Å²) in [4.78, 5) is 0. The molecule has 0 saturated heterocycles. The molecule has 4 nitrogen and oxygen atoms in total. The first-order valence-electron chi connectivity index (χ1n) is 8.01. The lowest BCUT2D eigenvalue weighted by Gasteiger charge is -2.13. The van der Waals surface area contributed by atoms with Gasteiger partial charge in [0.25, 0.3) is 0 Å². The van der Waals surface area contributed by atoms with Crippen molar-refractivity contribution in [1.29, 1.82) is 0 Å². The van der Waals surface area contributed by atoms with Gasteiger partial charge < -0.3 is 18.9 Å². The van der Waals surface area contributed by atoms with Gasteiger partial charge in [-0.1, -0.05) is 39.3 Å². The number of hydrogen-bond acceptors (Lipinski definition) is 4. The molecule has 152 valence electrons. The second-order valence-electron chi connectivity index (χ2n) is 5.41. The Balaban J connectivity index is 0.000000488. The summed E-state index contributed by atoms with van der Waals surface area (Å²) in [5, 5.41) is 1.52. The van der Waals surface area contributed by atoms with Crippen LogP contribution in [0, 0.1) is 13.8 Å². The second kappa shape index (κ2) is 12.9. The van der Waals surface area contributed by atoms with E-state index in [0.29, 0.717) is 0 Å². The molecule has 0 radical (unpaired) electrons. The van der Waals surface area contributed by atoms with Crippen LogP contribution in [0.3, 0.4) is 0 Å². The van der Waals surface area contributed by atoms with Crippen molar-refractivity contribution in [1.82, 2.24) is 0 Å². The third kappa shape index (κ3) is 6.32. The molecule has 0 aliphatic carbocycles. The summed E-state index contributed by atoms with van der Waals surface area (Å²) in [6.07, 6.45) is 0. The summed E-state index contributed by atoms with van der Waals surface area (Å²) in [5.74, 6) is 3.59. The first kappa shape index (κ1) is 25.6. The van der Waals surface area contributed by atoms with Crippen molar-refractivity contribution >= 4 is 31.9 Å². The van der Waals surface area contributed by atoms with E-state index in [9.17, 15) is 0 Å². The van der Waals surface area contributed by atoms with Crippen LogP contribution in [-0.4, -0.2) is 28.4 Å². The molecule has 6 heteroatoms. The fourth-order valence-corrected chi connectivity index (χ4v) is 3.77. The highest BCUT2D eigenvalue weighted by molar-refractivity contribution is 9.09. The number of rotatable bonds is 6. The van der Waals surface area contributed by atoms with E-state index in [0.717, 1.165) is 55.9 Å². The zero-order valence-electron chi connectivity index (χ0n) is 16.1. The number of halogens is 2. The minimum atomic E-state index is 0. The van der Waals surface area contributed by atoms with Gasteiger partial charge >= 0.3 is 0 Å². The molecule has 0 bridgehead atoms. The van der Waals surface area contributed by atoms with Gasteiger partial charge in [0, 0.05) is 21.8 Å². The van der Waals surface area contributed by atoms with Gasteiger partial charge in [-0.05, 0) is 49.2 Å². The van der Waals surface area contributed by atoms with Crippen LogP contribution in [0.15, 0.2) is 24.3 Å². The van der Waals surface area contributed by atoms with E-state index in [4.69, 9.17) is 18.9 Å². The van der Waals surface area contributed by atoms with Gasteiger partial charge in [0.15, 0.2) is 0 Å². The van der Waals surface area contributed by atoms with Gasteiger partial charge in [-0.25, -0.2) is 0 Å². The predicted molar refractivity (Wildman–Crippen MR) is 121 cm³/mol. The molecule has 0 aromatic heterocycles. The molecule has 0 spiro atoms. The molecular weight excluding hydrogens is 476 g/mol. The Labute approximate surface area is 180 Å². The molecular formula is C21H30Br2O4. The van der Waals surface area contributed by atoms with Gasteiger partial charge in [0.2, 0.25) is 0 Å².